The number of piperazine rings is 1. The molecule has 1 aromatic carbocycles. The number of nitrogens with zero attached hydrogens (tertiary/aromatic N) is 3. The number of hydrogen-bond donors (Lipinski definition) is 1. The minimum atomic E-state index is -0.643. The summed E-state index contributed by atoms with van der Waals surface area (Å²) in [6, 6.07) is 6.66. The molecule has 1 saturated carbocycles. The minimum Gasteiger partial charge on any atom is -0.423 e. The Morgan fingerprint density at radius 2 is 1.78 bits per heavy atom. The fourth-order valence-corrected chi connectivity index (χ4v) is 3.97. The van der Waals surface area contributed by atoms with Gasteiger partial charge in [-0.15, -0.1) is 24.8 Å². The van der Waals surface area contributed by atoms with Crippen molar-refractivity contribution in [1.29, 1.82) is 0 Å². The number of nitrogens with two attached hydrogens (primary N) is 1. The van der Waals surface area contributed by atoms with Gasteiger partial charge in [0.15, 0.2) is 5.58 Å². The largest absolute Gasteiger partial charge is 0.423 e. The molecule has 1 aliphatic heterocycles. The van der Waals surface area contributed by atoms with E-state index in [0.29, 0.717) is 19.1 Å². The van der Waals surface area contributed by atoms with E-state index in [1.165, 1.54) is 12.0 Å². The highest BCUT2D eigenvalue weighted by molar-refractivity contribution is 5.86. The highest BCUT2D eigenvalue weighted by atomic mass is 35.5. The first kappa shape index (κ1) is 21.8. The number of amides is 1. The number of hydrogen-bond acceptors (Lipinski definition) is 5. The molecule has 2 aromatic rings. The van der Waals surface area contributed by atoms with Crippen molar-refractivity contribution in [3.05, 3.63) is 23.8 Å². The zero-order valence-corrected chi connectivity index (χ0v) is 17.3. The van der Waals surface area contributed by atoms with Gasteiger partial charge in [-0.05, 0) is 37.5 Å². The maximum atomic E-state index is 12.8. The van der Waals surface area contributed by atoms with Gasteiger partial charge < -0.3 is 20.0 Å². The lowest BCUT2D eigenvalue weighted by Gasteiger charge is -2.40. The number of oxazole rings is 1. The third kappa shape index (κ3) is 4.33. The van der Waals surface area contributed by atoms with Gasteiger partial charge in [0.05, 0.1) is 5.54 Å². The second kappa shape index (κ2) is 8.67. The highest BCUT2D eigenvalue weighted by Gasteiger charge is 2.39. The minimum absolute atomic E-state index is 0. The highest BCUT2D eigenvalue weighted by Crippen LogP contribution is 2.29. The van der Waals surface area contributed by atoms with Gasteiger partial charge in [-0.2, -0.15) is 4.98 Å². The summed E-state index contributed by atoms with van der Waals surface area (Å²) in [5.74, 6) is 0.125. The second-order valence-corrected chi connectivity index (χ2v) is 7.46. The van der Waals surface area contributed by atoms with E-state index in [-0.39, 0.29) is 30.7 Å². The van der Waals surface area contributed by atoms with Crippen LogP contribution >= 0.6 is 24.8 Å². The van der Waals surface area contributed by atoms with Gasteiger partial charge >= 0.3 is 0 Å². The third-order valence-corrected chi connectivity index (χ3v) is 5.54. The summed E-state index contributed by atoms with van der Waals surface area (Å²) < 4.78 is 5.88. The van der Waals surface area contributed by atoms with Gasteiger partial charge in [-0.25, -0.2) is 0 Å². The van der Waals surface area contributed by atoms with Gasteiger partial charge in [-0.3, -0.25) is 4.79 Å². The van der Waals surface area contributed by atoms with Crippen LogP contribution in [0.1, 0.15) is 37.7 Å². The van der Waals surface area contributed by atoms with Crippen LogP contribution in [0.15, 0.2) is 22.6 Å². The molecular weight excluding hydrogens is 387 g/mol. The van der Waals surface area contributed by atoms with Crippen molar-refractivity contribution >= 4 is 47.8 Å². The summed E-state index contributed by atoms with van der Waals surface area (Å²) in [7, 11) is 0. The molecule has 1 aromatic heterocycles. The summed E-state index contributed by atoms with van der Waals surface area (Å²) in [5, 5.41) is 0. The number of rotatable bonds is 2. The number of carbonyl (C=O) groups is 1. The third-order valence-electron chi connectivity index (χ3n) is 5.54. The molecular formula is C19H28Cl2N4O2. The van der Waals surface area contributed by atoms with Crippen molar-refractivity contribution in [2.24, 2.45) is 5.73 Å². The average Bonchev–Trinajstić information content (AvgIpc) is 3.05. The zero-order chi connectivity index (χ0) is 17.4. The molecule has 6 nitrogen and oxygen atoms in total. The molecule has 2 fully saturated rings. The Hall–Kier alpha value is -1.50. The quantitative estimate of drug-likeness (QED) is 0.815. The average molecular weight is 415 g/mol. The van der Waals surface area contributed by atoms with Crippen LogP contribution in [-0.2, 0) is 4.79 Å². The monoisotopic (exact) mass is 414 g/mol. The SMILES string of the molecule is Cc1ccc2oc(N3CCN(C(=O)C4(N)CCCCC4)CC3)nc2c1.Cl.Cl. The number of carbonyl (C=O) groups excluding carboxylic acids is 1. The first-order valence-corrected chi connectivity index (χ1v) is 9.26. The fourth-order valence-electron chi connectivity index (χ4n) is 3.97. The molecule has 0 atom stereocenters. The predicted octanol–water partition coefficient (Wildman–Crippen LogP) is 3.29. The molecule has 2 heterocycles. The van der Waals surface area contributed by atoms with Gasteiger partial charge in [0.1, 0.15) is 5.52 Å². The Kier molecular flexibility index (Phi) is 7.00. The fraction of sp³-hybridized carbons (Fsp3) is 0.579. The summed E-state index contributed by atoms with van der Waals surface area (Å²) >= 11 is 0. The lowest BCUT2D eigenvalue weighted by Crippen LogP contribution is -2.60. The van der Waals surface area contributed by atoms with Gasteiger partial charge in [-0.1, -0.05) is 25.3 Å². The number of aromatic nitrogens is 1. The van der Waals surface area contributed by atoms with Crippen LogP contribution in [0.25, 0.3) is 11.1 Å². The molecule has 1 saturated heterocycles. The van der Waals surface area contributed by atoms with Gasteiger partial charge in [0, 0.05) is 26.2 Å². The van der Waals surface area contributed by atoms with E-state index in [2.05, 4.69) is 9.88 Å². The molecule has 0 radical (unpaired) electrons. The molecule has 0 spiro atoms. The van der Waals surface area contributed by atoms with Gasteiger partial charge in [0.25, 0.3) is 6.01 Å². The van der Waals surface area contributed by atoms with E-state index in [4.69, 9.17) is 10.2 Å². The Bertz CT molecular complexity index is 781. The summed E-state index contributed by atoms with van der Waals surface area (Å²) in [6.07, 6.45) is 4.94. The molecule has 1 amide bonds. The first-order chi connectivity index (χ1) is 12.0. The number of fused-ring (bicyclic) bond motifs is 1. The maximum Gasteiger partial charge on any atom is 0.298 e. The molecule has 1 aliphatic carbocycles. The van der Waals surface area contributed by atoms with Crippen molar-refractivity contribution in [3.8, 4) is 0 Å². The summed E-state index contributed by atoms with van der Waals surface area (Å²) in [5.41, 5.74) is 8.63. The summed E-state index contributed by atoms with van der Waals surface area (Å²) in [6.45, 7) is 4.86. The Morgan fingerprint density at radius 1 is 1.11 bits per heavy atom. The molecule has 150 valence electrons. The van der Waals surface area contributed by atoms with E-state index in [9.17, 15) is 4.79 Å². The number of anilines is 1. The van der Waals surface area contributed by atoms with Crippen LogP contribution in [0.4, 0.5) is 6.01 Å². The smallest absolute Gasteiger partial charge is 0.298 e. The molecule has 27 heavy (non-hydrogen) atoms. The molecule has 0 unspecified atom stereocenters. The van der Waals surface area contributed by atoms with Crippen LogP contribution in [-0.4, -0.2) is 47.5 Å². The normalized spacial score (nSPS) is 19.3. The Morgan fingerprint density at radius 3 is 2.44 bits per heavy atom. The lowest BCUT2D eigenvalue weighted by molar-refractivity contribution is -0.138. The van der Waals surface area contributed by atoms with E-state index in [0.717, 1.165) is 49.9 Å². The van der Waals surface area contributed by atoms with E-state index >= 15 is 0 Å². The van der Waals surface area contributed by atoms with Crippen molar-refractivity contribution in [2.75, 3.05) is 31.1 Å². The van der Waals surface area contributed by atoms with E-state index < -0.39 is 5.54 Å². The number of aryl methyl sites for hydroxylation is 1. The van der Waals surface area contributed by atoms with Crippen LogP contribution in [0.2, 0.25) is 0 Å². The lowest BCUT2D eigenvalue weighted by atomic mass is 9.81. The number of halogens is 2. The molecule has 0 bridgehead atoms. The Balaban J connectivity index is 0.00000131. The molecule has 2 N–H and O–H groups in total. The molecule has 8 heteroatoms. The maximum absolute atomic E-state index is 12.8. The van der Waals surface area contributed by atoms with Crippen molar-refractivity contribution in [1.82, 2.24) is 9.88 Å². The molecule has 2 aliphatic rings. The van der Waals surface area contributed by atoms with E-state index in [1.807, 2.05) is 30.0 Å². The van der Waals surface area contributed by atoms with E-state index in [1.54, 1.807) is 0 Å². The second-order valence-electron chi connectivity index (χ2n) is 7.46. The van der Waals surface area contributed by atoms with Crippen molar-refractivity contribution in [2.45, 2.75) is 44.6 Å². The zero-order valence-electron chi connectivity index (χ0n) is 15.6. The van der Waals surface area contributed by atoms with Crippen molar-refractivity contribution in [3.63, 3.8) is 0 Å². The number of benzene rings is 1. The summed E-state index contributed by atoms with van der Waals surface area (Å²) in [4.78, 5) is 21.5. The molecule has 4 rings (SSSR count). The van der Waals surface area contributed by atoms with Crippen molar-refractivity contribution < 1.29 is 9.21 Å². The van der Waals surface area contributed by atoms with Gasteiger partial charge in [0.2, 0.25) is 5.91 Å². The standard InChI is InChI=1S/C19H26N4O2.2ClH/c1-14-5-6-16-15(13-14)21-18(25-16)23-11-9-22(10-12-23)17(24)19(20)7-3-2-4-8-19;;/h5-6,13H,2-4,7-12,20H2,1H3;2*1H. The Labute approximate surface area is 172 Å². The topological polar surface area (TPSA) is 75.6 Å². The van der Waals surface area contributed by atoms with Crippen LogP contribution in [0.5, 0.6) is 0 Å². The van der Waals surface area contributed by atoms with Crippen LogP contribution in [0.3, 0.4) is 0 Å². The first-order valence-electron chi connectivity index (χ1n) is 9.26. The predicted molar refractivity (Wildman–Crippen MR) is 112 cm³/mol. The van der Waals surface area contributed by atoms with Crippen LogP contribution in [0, 0.1) is 6.92 Å². The van der Waals surface area contributed by atoms with Crippen LogP contribution < -0.4 is 10.6 Å².